The number of fused-ring (bicyclic) bond motifs is 4. The zero-order valence-electron chi connectivity index (χ0n) is 17.2. The van der Waals surface area contributed by atoms with Crippen molar-refractivity contribution in [3.8, 4) is 0 Å². The van der Waals surface area contributed by atoms with E-state index in [4.69, 9.17) is 4.74 Å². The Morgan fingerprint density at radius 1 is 1.08 bits per heavy atom. The first-order valence-electron chi connectivity index (χ1n) is 10.5. The quantitative estimate of drug-likeness (QED) is 0.736. The smallest absolute Gasteiger partial charge is 0.302 e. The van der Waals surface area contributed by atoms with Crippen LogP contribution < -0.4 is 0 Å². The molecule has 0 saturated heterocycles. The molecule has 0 aromatic carbocycles. The monoisotopic (exact) mass is 364 g/mol. The van der Waals surface area contributed by atoms with Gasteiger partial charge in [-0.1, -0.05) is 34.6 Å². The minimum Gasteiger partial charge on any atom is -0.462 e. The van der Waals surface area contributed by atoms with Crippen LogP contribution in [0, 0.1) is 39.9 Å². The fourth-order valence-electron chi connectivity index (χ4n) is 7.55. The van der Waals surface area contributed by atoms with Crippen molar-refractivity contribution in [3.63, 3.8) is 0 Å². The van der Waals surface area contributed by atoms with Crippen molar-refractivity contribution in [1.29, 1.82) is 0 Å². The number of ether oxygens (including phenoxy) is 1. The summed E-state index contributed by atoms with van der Waals surface area (Å²) in [4.78, 5) is 11.9. The summed E-state index contributed by atoms with van der Waals surface area (Å²) < 4.78 is 5.87. The molecule has 4 heteroatoms. The Hall–Kier alpha value is -0.610. The highest BCUT2D eigenvalue weighted by Gasteiger charge is 2.75. The van der Waals surface area contributed by atoms with Gasteiger partial charge in [0.2, 0.25) is 0 Å². The van der Waals surface area contributed by atoms with E-state index in [-0.39, 0.29) is 52.2 Å². The van der Waals surface area contributed by atoms with E-state index in [1.165, 1.54) is 6.92 Å². The maximum Gasteiger partial charge on any atom is 0.302 e. The summed E-state index contributed by atoms with van der Waals surface area (Å²) in [5.74, 6) is 0.482. The van der Waals surface area contributed by atoms with Crippen molar-refractivity contribution < 1.29 is 19.7 Å². The molecule has 4 saturated carbocycles. The molecule has 0 aliphatic heterocycles. The van der Waals surface area contributed by atoms with Gasteiger partial charge in [0.15, 0.2) is 0 Å². The molecule has 0 unspecified atom stereocenters. The van der Waals surface area contributed by atoms with Gasteiger partial charge < -0.3 is 14.9 Å². The lowest BCUT2D eigenvalue weighted by Crippen LogP contribution is -2.64. The first kappa shape index (κ1) is 18.7. The second kappa shape index (κ2) is 5.26. The average Bonchev–Trinajstić information content (AvgIpc) is 3.08. The minimum atomic E-state index is -0.807. The molecule has 4 aliphatic carbocycles. The zero-order valence-corrected chi connectivity index (χ0v) is 17.2. The van der Waals surface area contributed by atoms with Crippen LogP contribution in [0.2, 0.25) is 0 Å². The summed E-state index contributed by atoms with van der Waals surface area (Å²) in [6.45, 7) is 12.4. The van der Waals surface area contributed by atoms with E-state index in [0.29, 0.717) is 5.92 Å². The number of aliphatic hydroxyl groups is 2. The summed E-state index contributed by atoms with van der Waals surface area (Å²) >= 11 is 0. The SMILES string of the molecule is CC(=O)O[C@@H]1C[C@@]2(C)C[C@H]3C[C@@]3(C)[C@@H](O)[C@@H]2[C@@H]2[C@]1(C)CC[C@@]2(O)C(C)C. The van der Waals surface area contributed by atoms with Crippen molar-refractivity contribution >= 4 is 5.97 Å². The number of carbonyl (C=O) groups is 1. The Morgan fingerprint density at radius 2 is 1.73 bits per heavy atom. The van der Waals surface area contributed by atoms with E-state index in [1.54, 1.807) is 0 Å². The molecule has 0 amide bonds. The van der Waals surface area contributed by atoms with E-state index >= 15 is 0 Å². The molecular formula is C22H36O4. The fraction of sp³-hybridized carbons (Fsp3) is 0.955. The summed E-state index contributed by atoms with van der Waals surface area (Å²) in [5.41, 5.74) is -1.15. The van der Waals surface area contributed by atoms with Gasteiger partial charge in [-0.3, -0.25) is 4.79 Å². The maximum absolute atomic E-state index is 11.9. The van der Waals surface area contributed by atoms with Crippen LogP contribution in [0.4, 0.5) is 0 Å². The molecule has 26 heavy (non-hydrogen) atoms. The summed E-state index contributed by atoms with van der Waals surface area (Å²) in [5, 5.41) is 23.2. The lowest BCUT2D eigenvalue weighted by Gasteiger charge is -2.62. The van der Waals surface area contributed by atoms with Crippen molar-refractivity contribution in [3.05, 3.63) is 0 Å². The molecule has 4 aliphatic rings. The van der Waals surface area contributed by atoms with E-state index in [9.17, 15) is 15.0 Å². The van der Waals surface area contributed by atoms with Crippen LogP contribution in [0.1, 0.15) is 73.6 Å². The van der Waals surface area contributed by atoms with Crippen molar-refractivity contribution in [2.24, 2.45) is 39.9 Å². The average molecular weight is 365 g/mol. The lowest BCUT2D eigenvalue weighted by atomic mass is 9.45. The number of carbonyl (C=O) groups excluding carboxylic acids is 1. The van der Waals surface area contributed by atoms with Gasteiger partial charge in [-0.2, -0.15) is 0 Å². The minimum absolute atomic E-state index is 0.0137. The third-order valence-corrected chi connectivity index (χ3v) is 9.36. The lowest BCUT2D eigenvalue weighted by molar-refractivity contribution is -0.230. The fourth-order valence-corrected chi connectivity index (χ4v) is 7.55. The maximum atomic E-state index is 11.9. The Balaban J connectivity index is 1.83. The van der Waals surface area contributed by atoms with E-state index in [0.717, 1.165) is 32.1 Å². The molecule has 9 atom stereocenters. The van der Waals surface area contributed by atoms with Crippen molar-refractivity contribution in [1.82, 2.24) is 0 Å². The van der Waals surface area contributed by atoms with Gasteiger partial charge in [0.05, 0.1) is 11.7 Å². The number of rotatable bonds is 2. The van der Waals surface area contributed by atoms with Gasteiger partial charge in [-0.25, -0.2) is 0 Å². The highest BCUT2D eigenvalue weighted by molar-refractivity contribution is 5.66. The molecule has 0 aromatic heterocycles. The topological polar surface area (TPSA) is 66.8 Å². The van der Waals surface area contributed by atoms with Crippen molar-refractivity contribution in [2.75, 3.05) is 0 Å². The molecule has 0 spiro atoms. The van der Waals surface area contributed by atoms with Gasteiger partial charge in [-0.15, -0.1) is 0 Å². The Kier molecular flexibility index (Phi) is 3.79. The Bertz CT molecular complexity index is 632. The second-order valence-electron chi connectivity index (χ2n) is 11.2. The molecule has 4 rings (SSSR count). The van der Waals surface area contributed by atoms with Crippen LogP contribution in [0.15, 0.2) is 0 Å². The van der Waals surface area contributed by atoms with Crippen LogP contribution >= 0.6 is 0 Å². The van der Waals surface area contributed by atoms with Crippen molar-refractivity contribution in [2.45, 2.75) is 91.5 Å². The molecule has 148 valence electrons. The molecule has 4 nitrogen and oxygen atoms in total. The van der Waals surface area contributed by atoms with Crippen LogP contribution in [0.3, 0.4) is 0 Å². The van der Waals surface area contributed by atoms with Gasteiger partial charge in [0.25, 0.3) is 0 Å². The molecule has 0 heterocycles. The number of hydrogen-bond acceptors (Lipinski definition) is 4. The summed E-state index contributed by atoms with van der Waals surface area (Å²) in [7, 11) is 0. The molecule has 2 N–H and O–H groups in total. The first-order chi connectivity index (χ1) is 11.9. The Labute approximate surface area is 157 Å². The third-order valence-electron chi connectivity index (χ3n) is 9.36. The highest BCUT2D eigenvalue weighted by atomic mass is 16.5. The Morgan fingerprint density at radius 3 is 2.31 bits per heavy atom. The standard InChI is InChI=1S/C22H36O4/c1-12(2)22(25)8-7-20(5)15(26-13(3)23)11-19(4)9-14-10-21(14,6)18(24)16(19)17(20)22/h12,14-18,24-25H,7-11H2,1-6H3/t14-,15+,16-,17+,18-,19+,20+,21+,22+/m0/s1. The van der Waals surface area contributed by atoms with Crippen LogP contribution in [-0.2, 0) is 9.53 Å². The normalized spacial score (nSPS) is 58.0. The van der Waals surface area contributed by atoms with Gasteiger partial charge in [0, 0.05) is 18.3 Å². The number of hydrogen-bond donors (Lipinski definition) is 2. The predicted molar refractivity (Wildman–Crippen MR) is 99.2 cm³/mol. The van der Waals surface area contributed by atoms with Gasteiger partial charge >= 0.3 is 5.97 Å². The second-order valence-corrected chi connectivity index (χ2v) is 11.2. The van der Waals surface area contributed by atoms with Gasteiger partial charge in [-0.05, 0) is 60.7 Å². The molecular weight excluding hydrogens is 328 g/mol. The summed E-state index contributed by atoms with van der Waals surface area (Å²) in [6.07, 6.45) is 3.99. The molecule has 4 fully saturated rings. The van der Waals surface area contributed by atoms with Crippen LogP contribution in [0.25, 0.3) is 0 Å². The highest BCUT2D eigenvalue weighted by Crippen LogP contribution is 2.75. The number of esters is 1. The predicted octanol–water partition coefficient (Wildman–Crippen LogP) is 3.54. The molecule has 0 bridgehead atoms. The van der Waals surface area contributed by atoms with Gasteiger partial charge in [0.1, 0.15) is 6.10 Å². The van der Waals surface area contributed by atoms with Crippen LogP contribution in [-0.4, -0.2) is 34.0 Å². The van der Waals surface area contributed by atoms with Crippen LogP contribution in [0.5, 0.6) is 0 Å². The van der Waals surface area contributed by atoms with E-state index in [2.05, 4.69) is 34.6 Å². The number of aliphatic hydroxyl groups excluding tert-OH is 1. The summed E-state index contributed by atoms with van der Waals surface area (Å²) in [6, 6.07) is 0. The first-order valence-corrected chi connectivity index (χ1v) is 10.5. The third kappa shape index (κ3) is 2.18. The largest absolute Gasteiger partial charge is 0.462 e. The zero-order chi connectivity index (χ0) is 19.3. The van der Waals surface area contributed by atoms with E-state index < -0.39 is 5.60 Å². The molecule has 0 aromatic rings. The van der Waals surface area contributed by atoms with E-state index in [1.807, 2.05) is 0 Å². The molecule has 0 radical (unpaired) electrons.